The fourth-order valence-electron chi connectivity index (χ4n) is 1.86. The van der Waals surface area contributed by atoms with E-state index in [0.717, 1.165) is 0 Å². The lowest BCUT2D eigenvalue weighted by molar-refractivity contribution is 0.258. The van der Waals surface area contributed by atoms with Gasteiger partial charge in [0.1, 0.15) is 0 Å². The smallest absolute Gasteiger partial charge is 0.316 e. The van der Waals surface area contributed by atoms with Crippen molar-refractivity contribution >= 4 is 33.3 Å². The van der Waals surface area contributed by atoms with E-state index >= 15 is 0 Å². The summed E-state index contributed by atoms with van der Waals surface area (Å²) >= 11 is 0. The zero-order valence-electron chi connectivity index (χ0n) is 11.8. The summed E-state index contributed by atoms with van der Waals surface area (Å²) in [6, 6.07) is 9.68. The number of nitrogens with one attached hydrogen (secondary N) is 2. The molecular formula is C14H14N4O4S. The van der Waals surface area contributed by atoms with Gasteiger partial charge in [0.2, 0.25) is 9.84 Å². The van der Waals surface area contributed by atoms with Gasteiger partial charge in [-0.3, -0.25) is 0 Å². The number of anilines is 2. The predicted octanol–water partition coefficient (Wildman–Crippen LogP) is 1.50. The molecule has 8 nitrogen and oxygen atoms in total. The van der Waals surface area contributed by atoms with Gasteiger partial charge in [0.05, 0.1) is 9.79 Å². The first-order valence-electron chi connectivity index (χ1n) is 6.37. The molecule has 0 fully saturated rings. The van der Waals surface area contributed by atoms with Gasteiger partial charge in [-0.2, -0.15) is 0 Å². The van der Waals surface area contributed by atoms with Crippen molar-refractivity contribution in [1.29, 1.82) is 0 Å². The Morgan fingerprint density at radius 3 is 1.26 bits per heavy atom. The summed E-state index contributed by atoms with van der Waals surface area (Å²) in [5.74, 6) is 0. The first-order chi connectivity index (χ1) is 10.8. The second-order valence-corrected chi connectivity index (χ2v) is 6.48. The number of benzene rings is 2. The number of primary amides is 2. The maximum absolute atomic E-state index is 12.5. The van der Waals surface area contributed by atoms with Crippen LogP contribution in [0, 0.1) is 0 Å². The van der Waals surface area contributed by atoms with Gasteiger partial charge in [-0.05, 0) is 48.5 Å². The minimum absolute atomic E-state index is 0.0585. The van der Waals surface area contributed by atoms with Crippen LogP contribution >= 0.6 is 0 Å². The van der Waals surface area contributed by atoms with E-state index < -0.39 is 21.9 Å². The van der Waals surface area contributed by atoms with Crippen molar-refractivity contribution < 1.29 is 18.0 Å². The summed E-state index contributed by atoms with van der Waals surface area (Å²) in [6.07, 6.45) is 0. The summed E-state index contributed by atoms with van der Waals surface area (Å²) in [5, 5.41) is 4.68. The lowest BCUT2D eigenvalue weighted by atomic mass is 10.3. The highest BCUT2D eigenvalue weighted by Gasteiger charge is 2.17. The lowest BCUT2D eigenvalue weighted by Gasteiger charge is -2.07. The third-order valence-corrected chi connectivity index (χ3v) is 4.65. The molecule has 120 valence electrons. The molecule has 0 saturated carbocycles. The molecule has 2 rings (SSSR count). The summed E-state index contributed by atoms with van der Waals surface area (Å²) in [7, 11) is -3.72. The standard InChI is InChI=1S/C14H14N4O4S/c15-13(19)17-9-1-5-11(6-2-9)23(21,22)12-7-3-10(4-8-12)18-14(16)20/h1-8H,(H3,15,17,19)(H3,16,18,20). The van der Waals surface area contributed by atoms with Gasteiger partial charge in [0.15, 0.2) is 0 Å². The second-order valence-electron chi connectivity index (χ2n) is 4.53. The molecule has 9 heteroatoms. The molecule has 0 radical (unpaired) electrons. The number of carbonyl (C=O) groups excluding carboxylic acids is 2. The van der Waals surface area contributed by atoms with Crippen molar-refractivity contribution in [1.82, 2.24) is 0 Å². The van der Waals surface area contributed by atoms with Crippen LogP contribution in [0.1, 0.15) is 0 Å². The normalized spacial score (nSPS) is 10.8. The molecule has 23 heavy (non-hydrogen) atoms. The number of hydrogen-bond acceptors (Lipinski definition) is 4. The minimum atomic E-state index is -3.72. The van der Waals surface area contributed by atoms with Crippen LogP contribution in [-0.4, -0.2) is 20.5 Å². The molecule has 0 aromatic heterocycles. The van der Waals surface area contributed by atoms with Gasteiger partial charge < -0.3 is 22.1 Å². The molecule has 0 heterocycles. The van der Waals surface area contributed by atoms with Gasteiger partial charge in [0, 0.05) is 11.4 Å². The Labute approximate surface area is 132 Å². The number of sulfone groups is 1. The lowest BCUT2D eigenvalue weighted by Crippen LogP contribution is -2.19. The Hall–Kier alpha value is -3.07. The molecule has 0 bridgehead atoms. The highest BCUT2D eigenvalue weighted by molar-refractivity contribution is 7.91. The Balaban J connectivity index is 2.27. The van der Waals surface area contributed by atoms with Crippen LogP contribution in [0.4, 0.5) is 21.0 Å². The zero-order chi connectivity index (χ0) is 17.0. The number of urea groups is 2. The van der Waals surface area contributed by atoms with Crippen molar-refractivity contribution in [2.75, 3.05) is 10.6 Å². The van der Waals surface area contributed by atoms with E-state index in [1.165, 1.54) is 48.5 Å². The van der Waals surface area contributed by atoms with Crippen molar-refractivity contribution in [2.24, 2.45) is 11.5 Å². The van der Waals surface area contributed by atoms with Gasteiger partial charge in [-0.25, -0.2) is 18.0 Å². The highest BCUT2D eigenvalue weighted by Crippen LogP contribution is 2.23. The summed E-state index contributed by atoms with van der Waals surface area (Å²) < 4.78 is 25.0. The molecule has 6 N–H and O–H groups in total. The maximum atomic E-state index is 12.5. The van der Waals surface area contributed by atoms with Crippen LogP contribution in [0.3, 0.4) is 0 Å². The number of amides is 4. The van der Waals surface area contributed by atoms with Crippen LogP contribution in [0.15, 0.2) is 58.3 Å². The predicted molar refractivity (Wildman–Crippen MR) is 84.7 cm³/mol. The van der Waals surface area contributed by atoms with Gasteiger partial charge in [-0.15, -0.1) is 0 Å². The van der Waals surface area contributed by atoms with Crippen LogP contribution in [0.2, 0.25) is 0 Å². The van der Waals surface area contributed by atoms with E-state index in [9.17, 15) is 18.0 Å². The second kappa shape index (κ2) is 6.36. The summed E-state index contributed by atoms with van der Waals surface area (Å²) in [4.78, 5) is 21.6. The molecule has 2 aromatic carbocycles. The summed E-state index contributed by atoms with van der Waals surface area (Å²) in [5.41, 5.74) is 10.7. The van der Waals surface area contributed by atoms with Crippen LogP contribution < -0.4 is 22.1 Å². The molecule has 0 aliphatic rings. The van der Waals surface area contributed by atoms with Gasteiger partial charge in [-0.1, -0.05) is 0 Å². The number of carbonyl (C=O) groups is 2. The van der Waals surface area contributed by atoms with Crippen LogP contribution in [0.25, 0.3) is 0 Å². The van der Waals surface area contributed by atoms with Crippen molar-refractivity contribution in [3.63, 3.8) is 0 Å². The maximum Gasteiger partial charge on any atom is 0.316 e. The van der Waals surface area contributed by atoms with E-state index in [2.05, 4.69) is 10.6 Å². The molecular weight excluding hydrogens is 320 g/mol. The third-order valence-electron chi connectivity index (χ3n) is 2.86. The molecule has 2 aromatic rings. The highest BCUT2D eigenvalue weighted by atomic mass is 32.2. The monoisotopic (exact) mass is 334 g/mol. The molecule has 4 amide bonds. The van der Waals surface area contributed by atoms with Crippen molar-refractivity contribution in [2.45, 2.75) is 9.79 Å². The third kappa shape index (κ3) is 3.98. The average Bonchev–Trinajstić information content (AvgIpc) is 2.47. The van der Waals surface area contributed by atoms with E-state index in [4.69, 9.17) is 11.5 Å². The van der Waals surface area contributed by atoms with E-state index in [1.54, 1.807) is 0 Å². The molecule has 0 saturated heterocycles. The zero-order valence-corrected chi connectivity index (χ0v) is 12.6. The molecule has 0 spiro atoms. The van der Waals surface area contributed by atoms with Crippen molar-refractivity contribution in [3.05, 3.63) is 48.5 Å². The molecule has 0 aliphatic carbocycles. The van der Waals surface area contributed by atoms with Crippen molar-refractivity contribution in [3.8, 4) is 0 Å². The average molecular weight is 334 g/mol. The minimum Gasteiger partial charge on any atom is -0.351 e. The van der Waals surface area contributed by atoms with Gasteiger partial charge in [0.25, 0.3) is 0 Å². The van der Waals surface area contributed by atoms with E-state index in [1.807, 2.05) is 0 Å². The largest absolute Gasteiger partial charge is 0.351 e. The van der Waals surface area contributed by atoms with E-state index in [-0.39, 0.29) is 9.79 Å². The van der Waals surface area contributed by atoms with Gasteiger partial charge >= 0.3 is 12.1 Å². The number of rotatable bonds is 4. The van der Waals surface area contributed by atoms with Crippen LogP contribution in [-0.2, 0) is 9.84 Å². The number of hydrogen-bond donors (Lipinski definition) is 4. The fourth-order valence-corrected chi connectivity index (χ4v) is 3.12. The fraction of sp³-hybridized carbons (Fsp3) is 0. The van der Waals surface area contributed by atoms with Crippen LogP contribution in [0.5, 0.6) is 0 Å². The quantitative estimate of drug-likeness (QED) is 0.671. The summed E-state index contributed by atoms with van der Waals surface area (Å²) in [6.45, 7) is 0. The SMILES string of the molecule is NC(=O)Nc1ccc(S(=O)(=O)c2ccc(NC(N)=O)cc2)cc1. The molecule has 0 atom stereocenters. The molecule has 0 unspecified atom stereocenters. The Bertz CT molecular complexity index is 765. The first-order valence-corrected chi connectivity index (χ1v) is 7.85. The topological polar surface area (TPSA) is 144 Å². The number of nitrogens with two attached hydrogens (primary N) is 2. The first kappa shape index (κ1) is 16.3. The Morgan fingerprint density at radius 1 is 0.696 bits per heavy atom. The molecule has 0 aliphatic heterocycles. The Morgan fingerprint density at radius 2 is 1.00 bits per heavy atom. The van der Waals surface area contributed by atoms with E-state index in [0.29, 0.717) is 11.4 Å². The Kier molecular flexibility index (Phi) is 4.51.